The summed E-state index contributed by atoms with van der Waals surface area (Å²) in [5.74, 6) is -1.52. The molecule has 2 aliphatic rings. The molecule has 2 unspecified atom stereocenters. The summed E-state index contributed by atoms with van der Waals surface area (Å²) in [6.45, 7) is 5.10. The molecule has 4 amide bonds. The van der Waals surface area contributed by atoms with Crippen LogP contribution in [-0.2, 0) is 16.0 Å². The van der Waals surface area contributed by atoms with Crippen molar-refractivity contribution in [1.82, 2.24) is 15.3 Å². The van der Waals surface area contributed by atoms with Crippen molar-refractivity contribution in [1.29, 1.82) is 0 Å². The monoisotopic (exact) mass is 491 g/mol. The van der Waals surface area contributed by atoms with Crippen molar-refractivity contribution >= 4 is 23.6 Å². The lowest BCUT2D eigenvalue weighted by atomic mass is 9.68. The van der Waals surface area contributed by atoms with Crippen LogP contribution in [0.3, 0.4) is 0 Å². The van der Waals surface area contributed by atoms with E-state index in [2.05, 4.69) is 0 Å². The Morgan fingerprint density at radius 1 is 1.00 bits per heavy atom. The van der Waals surface area contributed by atoms with E-state index in [9.17, 15) is 24.4 Å². The molecule has 8 heteroatoms. The molecule has 1 saturated heterocycles. The second kappa shape index (κ2) is 10.6. The normalized spacial score (nSPS) is 21.4. The van der Waals surface area contributed by atoms with Gasteiger partial charge >= 0.3 is 0 Å². The van der Waals surface area contributed by atoms with Crippen molar-refractivity contribution in [2.75, 3.05) is 19.6 Å². The Balaban J connectivity index is 1.57. The first kappa shape index (κ1) is 25.6. The predicted molar refractivity (Wildman–Crippen MR) is 133 cm³/mol. The summed E-state index contributed by atoms with van der Waals surface area (Å²) < 4.78 is 0. The van der Waals surface area contributed by atoms with E-state index in [1.165, 1.54) is 4.90 Å². The Morgan fingerprint density at radius 3 is 2.19 bits per heavy atom. The molecule has 0 spiro atoms. The summed E-state index contributed by atoms with van der Waals surface area (Å²) in [6, 6.07) is 16.6. The topological polar surface area (TPSA) is 107 Å². The quantitative estimate of drug-likeness (QED) is 0.301. The molecule has 0 radical (unpaired) electrons. The fourth-order valence-electron chi connectivity index (χ4n) is 5.81. The van der Waals surface area contributed by atoms with E-state index in [4.69, 9.17) is 0 Å². The maximum Gasteiger partial charge on any atom is 0.261 e. The lowest BCUT2D eigenvalue weighted by Crippen LogP contribution is -2.43. The Labute approximate surface area is 211 Å². The molecule has 0 aliphatic carbocycles. The molecule has 4 rings (SSSR count). The zero-order valence-corrected chi connectivity index (χ0v) is 20.8. The van der Waals surface area contributed by atoms with Crippen LogP contribution in [0.25, 0.3) is 0 Å². The SMILES string of the molecule is CC(C)CC1(CC(=O)NO)C(=O)N(CCc2ccccc2)CC1CCN1C(=O)c2ccccc2C1=O. The van der Waals surface area contributed by atoms with Gasteiger partial charge in [-0.2, -0.15) is 0 Å². The molecule has 2 aromatic carbocycles. The Hall–Kier alpha value is -3.52. The van der Waals surface area contributed by atoms with Crippen molar-refractivity contribution in [3.8, 4) is 0 Å². The van der Waals surface area contributed by atoms with Crippen LogP contribution < -0.4 is 5.48 Å². The Bertz CT molecular complexity index is 1110. The molecule has 190 valence electrons. The number of rotatable bonds is 10. The van der Waals surface area contributed by atoms with Crippen molar-refractivity contribution < 1.29 is 24.4 Å². The van der Waals surface area contributed by atoms with E-state index >= 15 is 0 Å². The second-order valence-electron chi connectivity index (χ2n) is 10.2. The number of imide groups is 1. The maximum absolute atomic E-state index is 13.9. The minimum absolute atomic E-state index is 0.108. The molecule has 2 atom stereocenters. The molecule has 0 bridgehead atoms. The number of carbonyl (C=O) groups is 4. The first-order chi connectivity index (χ1) is 17.3. The number of nitrogens with zero attached hydrogens (tertiary/aromatic N) is 2. The third kappa shape index (κ3) is 4.91. The summed E-state index contributed by atoms with van der Waals surface area (Å²) in [5, 5.41) is 9.28. The summed E-state index contributed by atoms with van der Waals surface area (Å²) >= 11 is 0. The second-order valence-corrected chi connectivity index (χ2v) is 10.2. The van der Waals surface area contributed by atoms with E-state index in [1.807, 2.05) is 44.2 Å². The van der Waals surface area contributed by atoms with Crippen molar-refractivity contribution in [3.05, 3.63) is 71.3 Å². The highest BCUT2D eigenvalue weighted by atomic mass is 16.5. The highest BCUT2D eigenvalue weighted by Crippen LogP contribution is 2.47. The first-order valence-corrected chi connectivity index (χ1v) is 12.5. The highest BCUT2D eigenvalue weighted by Gasteiger charge is 2.54. The average Bonchev–Trinajstić information content (AvgIpc) is 3.26. The van der Waals surface area contributed by atoms with Gasteiger partial charge in [0.15, 0.2) is 0 Å². The van der Waals surface area contributed by atoms with E-state index in [1.54, 1.807) is 34.6 Å². The van der Waals surface area contributed by atoms with Gasteiger partial charge in [-0.05, 0) is 48.8 Å². The van der Waals surface area contributed by atoms with Crippen LogP contribution in [0.2, 0.25) is 0 Å². The van der Waals surface area contributed by atoms with E-state index < -0.39 is 11.3 Å². The van der Waals surface area contributed by atoms with Crippen molar-refractivity contribution in [2.45, 2.75) is 39.5 Å². The maximum atomic E-state index is 13.9. The number of hydrogen-bond donors (Lipinski definition) is 2. The summed E-state index contributed by atoms with van der Waals surface area (Å²) in [7, 11) is 0. The largest absolute Gasteiger partial charge is 0.342 e. The summed E-state index contributed by atoms with van der Waals surface area (Å²) in [4.78, 5) is 55.1. The van der Waals surface area contributed by atoms with E-state index in [0.717, 1.165) is 5.56 Å². The van der Waals surface area contributed by atoms with Crippen LogP contribution in [-0.4, -0.2) is 58.3 Å². The summed E-state index contributed by atoms with van der Waals surface area (Å²) in [5.41, 5.74) is 2.58. The lowest BCUT2D eigenvalue weighted by molar-refractivity contribution is -0.144. The highest BCUT2D eigenvalue weighted by molar-refractivity contribution is 6.21. The predicted octanol–water partition coefficient (Wildman–Crippen LogP) is 3.30. The van der Waals surface area contributed by atoms with Crippen LogP contribution >= 0.6 is 0 Å². The first-order valence-electron chi connectivity index (χ1n) is 12.5. The average molecular weight is 492 g/mol. The smallest absolute Gasteiger partial charge is 0.261 e. The number of hydrogen-bond acceptors (Lipinski definition) is 5. The molecule has 36 heavy (non-hydrogen) atoms. The van der Waals surface area contributed by atoms with Crippen molar-refractivity contribution in [2.24, 2.45) is 17.3 Å². The van der Waals surface area contributed by atoms with Gasteiger partial charge in [0.2, 0.25) is 11.8 Å². The van der Waals surface area contributed by atoms with Crippen LogP contribution in [0.4, 0.5) is 0 Å². The van der Waals surface area contributed by atoms with Gasteiger partial charge in [-0.15, -0.1) is 0 Å². The molecule has 2 N–H and O–H groups in total. The Morgan fingerprint density at radius 2 is 1.61 bits per heavy atom. The summed E-state index contributed by atoms with van der Waals surface area (Å²) in [6.07, 6.45) is 1.40. The zero-order chi connectivity index (χ0) is 25.9. The van der Waals surface area contributed by atoms with E-state index in [-0.39, 0.29) is 42.5 Å². The number of fused-ring (bicyclic) bond motifs is 1. The molecule has 2 aromatic rings. The fourth-order valence-corrected chi connectivity index (χ4v) is 5.81. The van der Waals surface area contributed by atoms with Crippen LogP contribution in [0, 0.1) is 17.3 Å². The lowest BCUT2D eigenvalue weighted by Gasteiger charge is -2.34. The van der Waals surface area contributed by atoms with Gasteiger partial charge in [0.25, 0.3) is 11.8 Å². The number of carbonyl (C=O) groups excluding carboxylic acids is 4. The number of hydroxylamine groups is 1. The van der Waals surface area contributed by atoms with Crippen LogP contribution in [0.15, 0.2) is 54.6 Å². The van der Waals surface area contributed by atoms with Gasteiger partial charge in [-0.3, -0.25) is 29.3 Å². The molecule has 0 aromatic heterocycles. The number of nitrogens with one attached hydrogen (secondary N) is 1. The third-order valence-electron chi connectivity index (χ3n) is 7.40. The number of amides is 4. The molecule has 2 heterocycles. The Kier molecular flexibility index (Phi) is 7.54. The molecular formula is C28H33N3O5. The van der Waals surface area contributed by atoms with Gasteiger partial charge in [-0.25, -0.2) is 5.48 Å². The van der Waals surface area contributed by atoms with Gasteiger partial charge in [-0.1, -0.05) is 56.3 Å². The minimum atomic E-state index is -1.02. The molecule has 1 fully saturated rings. The molecule has 8 nitrogen and oxygen atoms in total. The molecule has 0 saturated carbocycles. The van der Waals surface area contributed by atoms with Crippen LogP contribution in [0.5, 0.6) is 0 Å². The standard InChI is InChI=1S/C28H33N3O5/c1-19(2)16-28(17-24(32)29-36)21(18-30(27(28)35)14-12-20-8-4-3-5-9-20)13-15-31-25(33)22-10-6-7-11-23(22)26(31)34/h3-11,19,21,36H,12-18H2,1-2H3,(H,29,32). The van der Waals surface area contributed by atoms with Gasteiger partial charge < -0.3 is 4.90 Å². The fraction of sp³-hybridized carbons (Fsp3) is 0.429. The van der Waals surface area contributed by atoms with E-state index in [0.29, 0.717) is 43.5 Å². The number of likely N-dealkylation sites (tertiary alicyclic amines) is 1. The third-order valence-corrected chi connectivity index (χ3v) is 7.40. The van der Waals surface area contributed by atoms with Crippen molar-refractivity contribution in [3.63, 3.8) is 0 Å². The van der Waals surface area contributed by atoms with Gasteiger partial charge in [0.1, 0.15) is 0 Å². The molecular weight excluding hydrogens is 458 g/mol. The minimum Gasteiger partial charge on any atom is -0.342 e. The number of benzene rings is 2. The van der Waals surface area contributed by atoms with Gasteiger partial charge in [0, 0.05) is 26.1 Å². The van der Waals surface area contributed by atoms with Crippen LogP contribution in [0.1, 0.15) is 59.4 Å². The molecule has 2 aliphatic heterocycles. The zero-order valence-electron chi connectivity index (χ0n) is 20.8. The van der Waals surface area contributed by atoms with Gasteiger partial charge in [0.05, 0.1) is 16.5 Å².